The Hall–Kier alpha value is -2.68. The van der Waals surface area contributed by atoms with Crippen molar-refractivity contribution in [3.8, 4) is 5.88 Å². The molecule has 9 heteroatoms. The van der Waals surface area contributed by atoms with Gasteiger partial charge in [0, 0.05) is 45.6 Å². The highest BCUT2D eigenvalue weighted by atomic mass is 35.5. The van der Waals surface area contributed by atoms with Crippen molar-refractivity contribution >= 4 is 30.0 Å². The van der Waals surface area contributed by atoms with E-state index in [9.17, 15) is 9.90 Å². The molecule has 8 nitrogen and oxygen atoms in total. The van der Waals surface area contributed by atoms with Gasteiger partial charge < -0.3 is 29.2 Å². The standard InChI is InChI=1S/C12H15N3O3.C8H9Cl.C2H6O.C2H6.CH2O/c1-14-2-3-18-11-10(14)4-8(5-13-11)12(17)15-6-9(16)7-15;1-6-3-4-8(9)7(2)5-6;1-3-2;2*1-2/h4-5,9,16H,2-3,6-7H2,1H3;3-5H,1-2H3;1-2H3;1-2H3;1H2. The topological polar surface area (TPSA) is 92.2 Å². The summed E-state index contributed by atoms with van der Waals surface area (Å²) < 4.78 is 9.68. The summed E-state index contributed by atoms with van der Waals surface area (Å²) in [6.07, 6.45) is 1.15. The second-order valence-electron chi connectivity index (χ2n) is 7.34. The van der Waals surface area contributed by atoms with Crippen LogP contribution in [0, 0.1) is 13.8 Å². The summed E-state index contributed by atoms with van der Waals surface area (Å²) >= 11 is 5.78. The Morgan fingerprint density at radius 2 is 1.79 bits per heavy atom. The molecule has 1 fully saturated rings. The molecule has 1 amide bonds. The van der Waals surface area contributed by atoms with Crippen LogP contribution in [-0.2, 0) is 9.53 Å². The van der Waals surface area contributed by atoms with Gasteiger partial charge in [0.25, 0.3) is 5.91 Å². The van der Waals surface area contributed by atoms with Gasteiger partial charge in [-0.3, -0.25) is 4.79 Å². The number of pyridine rings is 1. The number of fused-ring (bicyclic) bond motifs is 1. The number of carbonyl (C=O) groups excluding carboxylic acids is 2. The number of β-amino-alcohol motifs (C(OH)–C–C–N with tert-alkyl or cyclic N) is 1. The Bertz CT molecular complexity index is 876. The van der Waals surface area contributed by atoms with Gasteiger partial charge in [0.2, 0.25) is 5.88 Å². The third-order valence-electron chi connectivity index (χ3n) is 4.62. The number of likely N-dealkylation sites (tertiary alicyclic amines) is 1. The van der Waals surface area contributed by atoms with Gasteiger partial charge in [0.05, 0.1) is 18.2 Å². The normalized spacial score (nSPS) is 13.4. The Morgan fingerprint density at radius 3 is 2.29 bits per heavy atom. The molecule has 0 bridgehead atoms. The fraction of sp³-hybridized carbons (Fsp3) is 0.480. The number of aryl methyl sites for hydroxylation is 2. The molecule has 190 valence electrons. The summed E-state index contributed by atoms with van der Waals surface area (Å²) in [4.78, 5) is 27.9. The van der Waals surface area contributed by atoms with Gasteiger partial charge in [-0.2, -0.15) is 0 Å². The number of amides is 1. The van der Waals surface area contributed by atoms with Crippen LogP contribution >= 0.6 is 11.6 Å². The molecule has 1 N–H and O–H groups in total. The van der Waals surface area contributed by atoms with E-state index in [0.29, 0.717) is 31.1 Å². The summed E-state index contributed by atoms with van der Waals surface area (Å²) in [5.41, 5.74) is 3.79. The lowest BCUT2D eigenvalue weighted by atomic mass is 10.1. The van der Waals surface area contributed by atoms with Gasteiger partial charge in [0.15, 0.2) is 0 Å². The van der Waals surface area contributed by atoms with Crippen LogP contribution in [0.2, 0.25) is 5.02 Å². The van der Waals surface area contributed by atoms with E-state index in [1.54, 1.807) is 25.2 Å². The zero-order valence-electron chi connectivity index (χ0n) is 21.3. The van der Waals surface area contributed by atoms with Crippen molar-refractivity contribution in [2.45, 2.75) is 33.8 Å². The fourth-order valence-electron chi connectivity index (χ4n) is 2.94. The van der Waals surface area contributed by atoms with Crippen molar-refractivity contribution in [1.29, 1.82) is 0 Å². The monoisotopic (exact) mass is 495 g/mol. The molecule has 1 saturated heterocycles. The van der Waals surface area contributed by atoms with Crippen LogP contribution in [0.3, 0.4) is 0 Å². The molecule has 1 aromatic heterocycles. The number of nitrogens with zero attached hydrogens (tertiary/aromatic N) is 3. The number of halogens is 1. The molecule has 0 atom stereocenters. The summed E-state index contributed by atoms with van der Waals surface area (Å²) in [5.74, 6) is 0.485. The Labute approximate surface area is 208 Å². The third kappa shape index (κ3) is 9.67. The van der Waals surface area contributed by atoms with Crippen molar-refractivity contribution in [2.24, 2.45) is 0 Å². The van der Waals surface area contributed by atoms with E-state index < -0.39 is 0 Å². The maximum absolute atomic E-state index is 12.1. The number of hydrogen-bond donors (Lipinski definition) is 1. The predicted octanol–water partition coefficient (Wildman–Crippen LogP) is 3.79. The summed E-state index contributed by atoms with van der Waals surface area (Å²) in [6, 6.07) is 7.80. The first kappa shape index (κ1) is 31.3. The highest BCUT2D eigenvalue weighted by Crippen LogP contribution is 2.29. The van der Waals surface area contributed by atoms with E-state index in [0.717, 1.165) is 22.8 Å². The maximum Gasteiger partial charge on any atom is 0.255 e. The second kappa shape index (κ2) is 16.9. The smallest absolute Gasteiger partial charge is 0.255 e. The number of methoxy groups -OCH3 is 1. The number of carbonyl (C=O) groups is 2. The molecule has 2 aromatic rings. The van der Waals surface area contributed by atoms with Gasteiger partial charge >= 0.3 is 0 Å². The van der Waals surface area contributed by atoms with Crippen LogP contribution in [-0.4, -0.2) is 81.3 Å². The average molecular weight is 496 g/mol. The number of rotatable bonds is 1. The minimum atomic E-state index is -0.384. The number of ether oxygens (including phenoxy) is 2. The maximum atomic E-state index is 12.1. The number of benzene rings is 1. The molecular weight excluding hydrogens is 458 g/mol. The van der Waals surface area contributed by atoms with E-state index in [4.69, 9.17) is 21.1 Å². The molecule has 4 rings (SSSR count). The summed E-state index contributed by atoms with van der Waals surface area (Å²) in [5, 5.41) is 10.1. The van der Waals surface area contributed by atoms with Crippen LogP contribution in [0.25, 0.3) is 0 Å². The molecule has 1 aromatic carbocycles. The lowest BCUT2D eigenvalue weighted by Gasteiger charge is -2.36. The van der Waals surface area contributed by atoms with E-state index in [1.165, 1.54) is 11.8 Å². The lowest BCUT2D eigenvalue weighted by molar-refractivity contribution is -0.0980. The predicted molar refractivity (Wildman–Crippen MR) is 137 cm³/mol. The van der Waals surface area contributed by atoms with Crippen LogP contribution < -0.4 is 9.64 Å². The van der Waals surface area contributed by atoms with Crippen LogP contribution in [0.5, 0.6) is 5.88 Å². The second-order valence-corrected chi connectivity index (χ2v) is 7.75. The SMILES string of the molecule is C=O.CC.CN1CCOc2ncc(C(=O)N3CC(O)C3)cc21.COC.Cc1ccc(Cl)c(C)c1. The van der Waals surface area contributed by atoms with E-state index in [1.807, 2.05) is 51.6 Å². The molecule has 34 heavy (non-hydrogen) atoms. The minimum Gasteiger partial charge on any atom is -0.474 e. The lowest BCUT2D eigenvalue weighted by Crippen LogP contribution is -2.53. The molecule has 0 radical (unpaired) electrons. The molecule has 3 heterocycles. The molecule has 2 aliphatic heterocycles. The molecule has 0 spiro atoms. The number of aliphatic hydroxyl groups is 1. The van der Waals surface area contributed by atoms with Gasteiger partial charge in [0.1, 0.15) is 19.1 Å². The number of aliphatic hydroxyl groups excluding tert-OH is 1. The third-order valence-corrected chi connectivity index (χ3v) is 5.04. The Balaban J connectivity index is 0.000000573. The van der Waals surface area contributed by atoms with Crippen molar-refractivity contribution in [2.75, 3.05) is 52.4 Å². The van der Waals surface area contributed by atoms with Crippen molar-refractivity contribution < 1.29 is 24.2 Å². The highest BCUT2D eigenvalue weighted by Gasteiger charge is 2.30. The van der Waals surface area contributed by atoms with Crippen LogP contribution in [0.15, 0.2) is 30.5 Å². The number of anilines is 1. The first-order valence-corrected chi connectivity index (χ1v) is 11.4. The van der Waals surface area contributed by atoms with Crippen LogP contribution in [0.1, 0.15) is 35.3 Å². The quantitative estimate of drug-likeness (QED) is 0.643. The number of aromatic nitrogens is 1. The minimum absolute atomic E-state index is 0.0884. The first-order chi connectivity index (χ1) is 16.3. The van der Waals surface area contributed by atoms with Gasteiger partial charge in [-0.05, 0) is 31.5 Å². The zero-order valence-corrected chi connectivity index (χ0v) is 22.1. The molecule has 0 unspecified atom stereocenters. The largest absolute Gasteiger partial charge is 0.474 e. The number of likely N-dealkylation sites (N-methyl/N-ethyl adjacent to an activating group) is 1. The summed E-state index contributed by atoms with van der Waals surface area (Å²) in [7, 11) is 5.20. The van der Waals surface area contributed by atoms with E-state index in [-0.39, 0.29) is 12.0 Å². The molecule has 0 aliphatic carbocycles. The van der Waals surface area contributed by atoms with E-state index >= 15 is 0 Å². The highest BCUT2D eigenvalue weighted by molar-refractivity contribution is 6.31. The van der Waals surface area contributed by atoms with Crippen molar-refractivity contribution in [3.05, 3.63) is 52.2 Å². The number of hydrogen-bond acceptors (Lipinski definition) is 7. The fourth-order valence-corrected chi connectivity index (χ4v) is 3.06. The van der Waals surface area contributed by atoms with E-state index in [2.05, 4.69) is 22.7 Å². The van der Waals surface area contributed by atoms with Gasteiger partial charge in [-0.25, -0.2) is 4.98 Å². The van der Waals surface area contributed by atoms with Crippen LogP contribution in [0.4, 0.5) is 5.69 Å². The zero-order chi connectivity index (χ0) is 26.3. The average Bonchev–Trinajstić information content (AvgIpc) is 2.83. The Kier molecular flexibility index (Phi) is 15.5. The van der Waals surface area contributed by atoms with Gasteiger partial charge in [-0.15, -0.1) is 0 Å². The van der Waals surface area contributed by atoms with Crippen molar-refractivity contribution in [3.63, 3.8) is 0 Å². The van der Waals surface area contributed by atoms with Gasteiger partial charge in [-0.1, -0.05) is 43.1 Å². The summed E-state index contributed by atoms with van der Waals surface area (Å²) in [6.45, 7) is 12.3. The Morgan fingerprint density at radius 1 is 1.21 bits per heavy atom. The molecular formula is C25H38ClN3O5. The first-order valence-electron chi connectivity index (χ1n) is 11.0. The molecule has 2 aliphatic rings. The van der Waals surface area contributed by atoms with Crippen molar-refractivity contribution in [1.82, 2.24) is 9.88 Å². The molecule has 0 saturated carbocycles.